The molecule has 0 bridgehead atoms. The maximum Gasteiger partial charge on any atom is 0.0694 e. The molecule has 1 aliphatic rings. The van der Waals surface area contributed by atoms with Gasteiger partial charge in [-0.15, -0.1) is 0 Å². The van der Waals surface area contributed by atoms with Crippen molar-refractivity contribution >= 4 is 0 Å². The van der Waals surface area contributed by atoms with Crippen molar-refractivity contribution in [3.8, 4) is 0 Å². The number of nitrogens with one attached hydrogen (secondary N) is 1. The van der Waals surface area contributed by atoms with Crippen molar-refractivity contribution in [1.29, 1.82) is 0 Å². The van der Waals surface area contributed by atoms with Crippen molar-refractivity contribution in [2.24, 2.45) is 7.05 Å². The van der Waals surface area contributed by atoms with Gasteiger partial charge in [-0.2, -0.15) is 5.10 Å². The summed E-state index contributed by atoms with van der Waals surface area (Å²) in [5.74, 6) is 0.497. The minimum atomic E-state index is 0.497. The highest BCUT2D eigenvalue weighted by Gasteiger charge is 2.19. The van der Waals surface area contributed by atoms with E-state index in [1.807, 2.05) is 11.7 Å². The standard InChI is InChI=1S/C15H28N4/c1-5-19-8-6-7-14(11-19)16-9-13-10-18(4)17-15(13)12(2)3/h10,12,14,16H,5-9,11H2,1-4H3. The first kappa shape index (κ1) is 14.5. The molecule has 1 unspecified atom stereocenters. The zero-order valence-corrected chi connectivity index (χ0v) is 12.8. The van der Waals surface area contributed by atoms with Crippen LogP contribution in [0.2, 0.25) is 0 Å². The van der Waals surface area contributed by atoms with Crippen molar-refractivity contribution in [2.45, 2.75) is 52.1 Å². The number of rotatable bonds is 5. The van der Waals surface area contributed by atoms with Gasteiger partial charge in [0.2, 0.25) is 0 Å². The van der Waals surface area contributed by atoms with Crippen LogP contribution in [-0.2, 0) is 13.6 Å². The van der Waals surface area contributed by atoms with Gasteiger partial charge < -0.3 is 10.2 Å². The molecule has 0 aliphatic carbocycles. The van der Waals surface area contributed by atoms with Gasteiger partial charge in [0.25, 0.3) is 0 Å². The molecular weight excluding hydrogens is 236 g/mol. The monoisotopic (exact) mass is 264 g/mol. The fourth-order valence-corrected chi connectivity index (χ4v) is 2.94. The van der Waals surface area contributed by atoms with Crippen LogP contribution in [0.5, 0.6) is 0 Å². The van der Waals surface area contributed by atoms with E-state index in [0.717, 1.165) is 6.54 Å². The molecule has 1 saturated heterocycles. The van der Waals surface area contributed by atoms with Gasteiger partial charge >= 0.3 is 0 Å². The second kappa shape index (κ2) is 6.53. The summed E-state index contributed by atoms with van der Waals surface area (Å²) in [5, 5.41) is 8.29. The summed E-state index contributed by atoms with van der Waals surface area (Å²) in [6, 6.07) is 0.633. The fraction of sp³-hybridized carbons (Fsp3) is 0.800. The Hall–Kier alpha value is -0.870. The predicted octanol–water partition coefficient (Wildman–Crippen LogP) is 2.12. The minimum absolute atomic E-state index is 0.497. The Bertz CT molecular complexity index is 397. The molecule has 4 nitrogen and oxygen atoms in total. The predicted molar refractivity (Wildman–Crippen MR) is 79.3 cm³/mol. The van der Waals surface area contributed by atoms with Crippen LogP contribution in [0.4, 0.5) is 0 Å². The first-order chi connectivity index (χ1) is 9.10. The second-order valence-corrected chi connectivity index (χ2v) is 5.98. The van der Waals surface area contributed by atoms with E-state index < -0.39 is 0 Å². The van der Waals surface area contributed by atoms with Crippen LogP contribution in [0.25, 0.3) is 0 Å². The van der Waals surface area contributed by atoms with Gasteiger partial charge in [0.1, 0.15) is 0 Å². The zero-order valence-electron chi connectivity index (χ0n) is 12.8. The Balaban J connectivity index is 1.91. The number of piperidine rings is 1. The minimum Gasteiger partial charge on any atom is -0.309 e. The summed E-state index contributed by atoms with van der Waals surface area (Å²) in [6.45, 7) is 11.2. The summed E-state index contributed by atoms with van der Waals surface area (Å²) in [5.41, 5.74) is 2.59. The molecule has 0 saturated carbocycles. The highest BCUT2D eigenvalue weighted by Crippen LogP contribution is 2.18. The first-order valence-corrected chi connectivity index (χ1v) is 7.58. The van der Waals surface area contributed by atoms with Gasteiger partial charge in [-0.1, -0.05) is 20.8 Å². The molecule has 108 valence electrons. The number of likely N-dealkylation sites (N-methyl/N-ethyl adjacent to an activating group) is 1. The lowest BCUT2D eigenvalue weighted by atomic mass is 10.0. The molecule has 1 aromatic rings. The molecule has 1 aliphatic heterocycles. The van der Waals surface area contributed by atoms with E-state index in [-0.39, 0.29) is 0 Å². The smallest absolute Gasteiger partial charge is 0.0694 e. The largest absolute Gasteiger partial charge is 0.309 e. The Kier molecular flexibility index (Phi) is 4.99. The maximum atomic E-state index is 4.57. The van der Waals surface area contributed by atoms with E-state index in [1.165, 1.54) is 43.7 Å². The Labute approximate surface area is 117 Å². The molecule has 0 radical (unpaired) electrons. The number of likely N-dealkylation sites (tertiary alicyclic amines) is 1. The summed E-state index contributed by atoms with van der Waals surface area (Å²) in [6.07, 6.45) is 4.77. The van der Waals surface area contributed by atoms with Crippen LogP contribution >= 0.6 is 0 Å². The van der Waals surface area contributed by atoms with Crippen LogP contribution in [0.15, 0.2) is 6.20 Å². The third-order valence-corrected chi connectivity index (χ3v) is 4.02. The van der Waals surface area contributed by atoms with E-state index in [0.29, 0.717) is 12.0 Å². The van der Waals surface area contributed by atoms with Crippen molar-refractivity contribution in [2.75, 3.05) is 19.6 Å². The van der Waals surface area contributed by atoms with Crippen molar-refractivity contribution < 1.29 is 0 Å². The average Bonchev–Trinajstić information content (AvgIpc) is 2.78. The third-order valence-electron chi connectivity index (χ3n) is 4.02. The normalized spacial score (nSPS) is 21.2. The Morgan fingerprint density at radius 1 is 1.47 bits per heavy atom. The fourth-order valence-electron chi connectivity index (χ4n) is 2.94. The molecule has 1 atom stereocenters. The lowest BCUT2D eigenvalue weighted by molar-refractivity contribution is 0.198. The van der Waals surface area contributed by atoms with E-state index >= 15 is 0 Å². The molecule has 2 rings (SSSR count). The van der Waals surface area contributed by atoms with Crippen molar-refractivity contribution in [1.82, 2.24) is 20.0 Å². The average molecular weight is 264 g/mol. The molecule has 19 heavy (non-hydrogen) atoms. The van der Waals surface area contributed by atoms with Crippen LogP contribution in [0.3, 0.4) is 0 Å². The quantitative estimate of drug-likeness (QED) is 0.884. The van der Waals surface area contributed by atoms with Gasteiger partial charge in [0.05, 0.1) is 5.69 Å². The highest BCUT2D eigenvalue weighted by atomic mass is 15.3. The summed E-state index contributed by atoms with van der Waals surface area (Å²) < 4.78 is 1.94. The SMILES string of the molecule is CCN1CCCC(NCc2cn(C)nc2C(C)C)C1. The molecule has 1 aromatic heterocycles. The molecule has 0 spiro atoms. The lowest BCUT2D eigenvalue weighted by Gasteiger charge is -2.32. The van der Waals surface area contributed by atoms with Gasteiger partial charge in [0, 0.05) is 37.9 Å². The molecule has 4 heteroatoms. The lowest BCUT2D eigenvalue weighted by Crippen LogP contribution is -2.45. The van der Waals surface area contributed by atoms with E-state index in [2.05, 4.69) is 42.3 Å². The molecule has 1 fully saturated rings. The molecular formula is C15H28N4. The van der Waals surface area contributed by atoms with Crippen LogP contribution < -0.4 is 5.32 Å². The summed E-state index contributed by atoms with van der Waals surface area (Å²) in [7, 11) is 2.01. The molecule has 0 amide bonds. The Morgan fingerprint density at radius 3 is 2.95 bits per heavy atom. The van der Waals surface area contributed by atoms with Gasteiger partial charge in [-0.05, 0) is 31.8 Å². The number of hydrogen-bond acceptors (Lipinski definition) is 3. The maximum absolute atomic E-state index is 4.57. The topological polar surface area (TPSA) is 33.1 Å². The van der Waals surface area contributed by atoms with E-state index in [9.17, 15) is 0 Å². The van der Waals surface area contributed by atoms with Gasteiger partial charge in [0.15, 0.2) is 0 Å². The number of hydrogen-bond donors (Lipinski definition) is 1. The van der Waals surface area contributed by atoms with Gasteiger partial charge in [-0.3, -0.25) is 4.68 Å². The number of nitrogens with zero attached hydrogens (tertiary/aromatic N) is 3. The molecule has 2 heterocycles. The highest BCUT2D eigenvalue weighted by molar-refractivity contribution is 5.20. The van der Waals surface area contributed by atoms with E-state index in [1.54, 1.807) is 0 Å². The van der Waals surface area contributed by atoms with Crippen LogP contribution in [0.1, 0.15) is 50.8 Å². The summed E-state index contributed by atoms with van der Waals surface area (Å²) >= 11 is 0. The van der Waals surface area contributed by atoms with Gasteiger partial charge in [-0.25, -0.2) is 0 Å². The van der Waals surface area contributed by atoms with Crippen molar-refractivity contribution in [3.63, 3.8) is 0 Å². The van der Waals surface area contributed by atoms with Crippen LogP contribution in [0, 0.1) is 0 Å². The van der Waals surface area contributed by atoms with Crippen molar-refractivity contribution in [3.05, 3.63) is 17.5 Å². The first-order valence-electron chi connectivity index (χ1n) is 7.58. The summed E-state index contributed by atoms with van der Waals surface area (Å²) in [4.78, 5) is 2.54. The number of aryl methyl sites for hydroxylation is 1. The number of aromatic nitrogens is 2. The third kappa shape index (κ3) is 3.80. The zero-order chi connectivity index (χ0) is 13.8. The van der Waals surface area contributed by atoms with Crippen LogP contribution in [-0.4, -0.2) is 40.4 Å². The molecule has 1 N–H and O–H groups in total. The van der Waals surface area contributed by atoms with E-state index in [4.69, 9.17) is 0 Å². The molecule has 0 aromatic carbocycles. The second-order valence-electron chi connectivity index (χ2n) is 5.98. The Morgan fingerprint density at radius 2 is 2.26 bits per heavy atom.